The number of carbonyl (C=O) groups is 1. The number of hydrogen-bond donors (Lipinski definition) is 0. The highest BCUT2D eigenvalue weighted by atomic mass is 16.5. The largest absolute Gasteiger partial charge is 0.497 e. The van der Waals surface area contributed by atoms with Gasteiger partial charge in [0.1, 0.15) is 5.75 Å². The van der Waals surface area contributed by atoms with Gasteiger partial charge in [-0.1, -0.05) is 47.6 Å². The van der Waals surface area contributed by atoms with Crippen molar-refractivity contribution in [1.29, 1.82) is 0 Å². The van der Waals surface area contributed by atoms with E-state index in [4.69, 9.17) is 9.26 Å². The number of ketones is 1. The fraction of sp³-hybridized carbons (Fsp3) is 0.167. The van der Waals surface area contributed by atoms with Crippen LogP contribution in [0.3, 0.4) is 0 Å². The first-order chi connectivity index (χ1) is 11.3. The topological polar surface area (TPSA) is 65.2 Å². The van der Waals surface area contributed by atoms with E-state index < -0.39 is 0 Å². The second-order valence-corrected chi connectivity index (χ2v) is 5.03. The molecule has 2 aromatic carbocycles. The number of nitrogens with zero attached hydrogens (tertiary/aromatic N) is 2. The van der Waals surface area contributed by atoms with Crippen LogP contribution in [0.2, 0.25) is 0 Å². The molecule has 0 fully saturated rings. The van der Waals surface area contributed by atoms with E-state index in [2.05, 4.69) is 10.1 Å². The molecule has 0 N–H and O–H groups in total. The number of methoxy groups -OCH3 is 1. The third kappa shape index (κ3) is 3.63. The van der Waals surface area contributed by atoms with Crippen LogP contribution in [0.25, 0.3) is 11.4 Å². The molecule has 0 saturated carbocycles. The Morgan fingerprint density at radius 2 is 1.96 bits per heavy atom. The summed E-state index contributed by atoms with van der Waals surface area (Å²) in [5, 5.41) is 3.96. The molecule has 5 nitrogen and oxygen atoms in total. The SMILES string of the molecule is COc1cccc(-c2noc(CCC(=O)c3ccccc3)n2)c1. The van der Waals surface area contributed by atoms with Gasteiger partial charge in [-0.3, -0.25) is 4.79 Å². The maximum absolute atomic E-state index is 12.1. The van der Waals surface area contributed by atoms with Crippen molar-refractivity contribution in [3.05, 3.63) is 66.1 Å². The van der Waals surface area contributed by atoms with E-state index in [1.54, 1.807) is 19.2 Å². The zero-order chi connectivity index (χ0) is 16.1. The molecule has 1 heterocycles. The normalized spacial score (nSPS) is 10.5. The Hall–Kier alpha value is -2.95. The van der Waals surface area contributed by atoms with Gasteiger partial charge < -0.3 is 9.26 Å². The molecule has 0 atom stereocenters. The number of aryl methyl sites for hydroxylation is 1. The average Bonchev–Trinajstić information content (AvgIpc) is 3.09. The molecule has 1 aromatic heterocycles. The molecule has 23 heavy (non-hydrogen) atoms. The summed E-state index contributed by atoms with van der Waals surface area (Å²) >= 11 is 0. The summed E-state index contributed by atoms with van der Waals surface area (Å²) in [5.74, 6) is 1.73. The van der Waals surface area contributed by atoms with Crippen LogP contribution in [-0.4, -0.2) is 23.0 Å². The smallest absolute Gasteiger partial charge is 0.227 e. The van der Waals surface area contributed by atoms with Gasteiger partial charge in [0.2, 0.25) is 11.7 Å². The van der Waals surface area contributed by atoms with Crippen molar-refractivity contribution in [2.24, 2.45) is 0 Å². The Morgan fingerprint density at radius 3 is 2.74 bits per heavy atom. The Morgan fingerprint density at radius 1 is 1.13 bits per heavy atom. The first kappa shape index (κ1) is 15.0. The number of hydrogen-bond acceptors (Lipinski definition) is 5. The first-order valence-corrected chi connectivity index (χ1v) is 7.31. The van der Waals surface area contributed by atoms with Gasteiger partial charge in [0.25, 0.3) is 0 Å². The second-order valence-electron chi connectivity index (χ2n) is 5.03. The average molecular weight is 308 g/mol. The van der Waals surface area contributed by atoms with Gasteiger partial charge in [-0.25, -0.2) is 0 Å². The summed E-state index contributed by atoms with van der Waals surface area (Å²) in [6, 6.07) is 16.6. The van der Waals surface area contributed by atoms with Crippen molar-refractivity contribution in [2.75, 3.05) is 7.11 Å². The summed E-state index contributed by atoms with van der Waals surface area (Å²) < 4.78 is 10.4. The van der Waals surface area contributed by atoms with E-state index in [1.807, 2.05) is 42.5 Å². The summed E-state index contributed by atoms with van der Waals surface area (Å²) in [5.41, 5.74) is 1.51. The zero-order valence-corrected chi connectivity index (χ0v) is 12.7. The lowest BCUT2D eigenvalue weighted by Crippen LogP contribution is -2.01. The van der Waals surface area contributed by atoms with Gasteiger partial charge in [0.05, 0.1) is 7.11 Å². The van der Waals surface area contributed by atoms with Crippen LogP contribution in [0, 0.1) is 0 Å². The molecule has 0 aliphatic carbocycles. The highest BCUT2D eigenvalue weighted by Crippen LogP contribution is 2.21. The molecular weight excluding hydrogens is 292 g/mol. The summed E-state index contributed by atoms with van der Waals surface area (Å²) in [6.45, 7) is 0. The van der Waals surface area contributed by atoms with E-state index in [0.29, 0.717) is 30.1 Å². The van der Waals surface area contributed by atoms with E-state index >= 15 is 0 Å². The highest BCUT2D eigenvalue weighted by molar-refractivity contribution is 5.96. The van der Waals surface area contributed by atoms with Crippen molar-refractivity contribution >= 4 is 5.78 Å². The molecule has 0 radical (unpaired) electrons. The molecule has 0 unspecified atom stereocenters. The van der Waals surface area contributed by atoms with E-state index in [9.17, 15) is 4.79 Å². The lowest BCUT2D eigenvalue weighted by Gasteiger charge is -2.00. The minimum absolute atomic E-state index is 0.0618. The van der Waals surface area contributed by atoms with Gasteiger partial charge in [0, 0.05) is 24.0 Å². The molecule has 0 bridgehead atoms. The first-order valence-electron chi connectivity index (χ1n) is 7.31. The molecule has 116 valence electrons. The summed E-state index contributed by atoms with van der Waals surface area (Å²) in [4.78, 5) is 16.4. The number of carbonyl (C=O) groups excluding carboxylic acids is 1. The molecule has 0 spiro atoms. The van der Waals surface area contributed by atoms with Crippen LogP contribution in [0.1, 0.15) is 22.7 Å². The number of aromatic nitrogens is 2. The Kier molecular flexibility index (Phi) is 4.47. The van der Waals surface area contributed by atoms with Crippen molar-refractivity contribution < 1.29 is 14.1 Å². The fourth-order valence-electron chi connectivity index (χ4n) is 2.22. The minimum Gasteiger partial charge on any atom is -0.497 e. The van der Waals surface area contributed by atoms with Gasteiger partial charge in [0.15, 0.2) is 5.78 Å². The monoisotopic (exact) mass is 308 g/mol. The predicted octanol–water partition coefficient (Wildman–Crippen LogP) is 3.56. The molecule has 0 saturated heterocycles. The van der Waals surface area contributed by atoms with Gasteiger partial charge in [-0.05, 0) is 12.1 Å². The quantitative estimate of drug-likeness (QED) is 0.651. The highest BCUT2D eigenvalue weighted by Gasteiger charge is 2.12. The third-order valence-electron chi connectivity index (χ3n) is 3.46. The van der Waals surface area contributed by atoms with Crippen LogP contribution in [0.4, 0.5) is 0 Å². The molecule has 3 aromatic rings. The van der Waals surface area contributed by atoms with Crippen LogP contribution >= 0.6 is 0 Å². The minimum atomic E-state index is 0.0618. The van der Waals surface area contributed by atoms with Gasteiger partial charge in [-0.2, -0.15) is 4.98 Å². The van der Waals surface area contributed by atoms with Crippen molar-refractivity contribution in [1.82, 2.24) is 10.1 Å². The lowest BCUT2D eigenvalue weighted by atomic mass is 10.1. The Bertz CT molecular complexity index is 797. The third-order valence-corrected chi connectivity index (χ3v) is 3.46. The molecule has 5 heteroatoms. The fourth-order valence-corrected chi connectivity index (χ4v) is 2.22. The van der Waals surface area contributed by atoms with E-state index in [0.717, 1.165) is 11.3 Å². The van der Waals surface area contributed by atoms with Crippen molar-refractivity contribution in [3.63, 3.8) is 0 Å². The molecule has 0 aliphatic rings. The standard InChI is InChI=1S/C18H16N2O3/c1-22-15-9-5-8-14(12-15)18-19-17(23-20-18)11-10-16(21)13-6-3-2-4-7-13/h2-9,12H,10-11H2,1H3. The molecule has 0 aliphatic heterocycles. The van der Waals surface area contributed by atoms with E-state index in [-0.39, 0.29) is 5.78 Å². The van der Waals surface area contributed by atoms with Gasteiger partial charge >= 0.3 is 0 Å². The molecule has 0 amide bonds. The summed E-state index contributed by atoms with van der Waals surface area (Å²) in [7, 11) is 1.61. The maximum atomic E-state index is 12.1. The molecule has 3 rings (SSSR count). The molecular formula is C18H16N2O3. The Labute approximate surface area is 133 Å². The predicted molar refractivity (Wildman–Crippen MR) is 85.4 cm³/mol. The van der Waals surface area contributed by atoms with Gasteiger partial charge in [-0.15, -0.1) is 0 Å². The number of benzene rings is 2. The maximum Gasteiger partial charge on any atom is 0.227 e. The van der Waals surface area contributed by atoms with Crippen molar-refractivity contribution in [3.8, 4) is 17.1 Å². The number of rotatable bonds is 6. The Balaban J connectivity index is 1.66. The van der Waals surface area contributed by atoms with Crippen LogP contribution in [-0.2, 0) is 6.42 Å². The zero-order valence-electron chi connectivity index (χ0n) is 12.7. The van der Waals surface area contributed by atoms with Crippen LogP contribution < -0.4 is 4.74 Å². The van der Waals surface area contributed by atoms with Crippen LogP contribution in [0.5, 0.6) is 5.75 Å². The second kappa shape index (κ2) is 6.87. The lowest BCUT2D eigenvalue weighted by molar-refractivity contribution is 0.0979. The van der Waals surface area contributed by atoms with E-state index in [1.165, 1.54) is 0 Å². The van der Waals surface area contributed by atoms with Crippen molar-refractivity contribution in [2.45, 2.75) is 12.8 Å². The summed E-state index contributed by atoms with van der Waals surface area (Å²) in [6.07, 6.45) is 0.758. The van der Waals surface area contributed by atoms with Crippen LogP contribution in [0.15, 0.2) is 59.1 Å². The number of ether oxygens (including phenoxy) is 1. The number of Topliss-reactive ketones (excluding diaryl/α,β-unsaturated/α-hetero) is 1.